The fraction of sp³-hybridized carbons (Fsp3) is 0.0625. The van der Waals surface area contributed by atoms with Gasteiger partial charge < -0.3 is 10.3 Å². The number of benzene rings is 1. The highest BCUT2D eigenvalue weighted by Crippen LogP contribution is 2.19. The lowest BCUT2D eigenvalue weighted by atomic mass is 10.2. The minimum Gasteiger partial charge on any atom is -0.340 e. The van der Waals surface area contributed by atoms with Gasteiger partial charge in [0.2, 0.25) is 5.56 Å². The summed E-state index contributed by atoms with van der Waals surface area (Å²) < 4.78 is 0. The van der Waals surface area contributed by atoms with Crippen LogP contribution in [0.4, 0.5) is 11.5 Å². The first-order valence-corrected chi connectivity index (χ1v) is 6.55. The van der Waals surface area contributed by atoms with Crippen LogP contribution in [-0.2, 0) is 0 Å². The average Bonchev–Trinajstić information content (AvgIpc) is 2.50. The molecule has 0 saturated carbocycles. The van der Waals surface area contributed by atoms with Crippen molar-refractivity contribution in [1.82, 2.24) is 15.0 Å². The third-order valence-electron chi connectivity index (χ3n) is 3.06. The highest BCUT2D eigenvalue weighted by Gasteiger charge is 2.03. The van der Waals surface area contributed by atoms with Crippen LogP contribution in [0.1, 0.15) is 5.56 Å². The van der Waals surface area contributed by atoms with Gasteiger partial charge in [0.1, 0.15) is 12.1 Å². The smallest absolute Gasteiger partial charge is 0.248 e. The second kappa shape index (κ2) is 5.58. The number of hydrogen-bond donors (Lipinski definition) is 2. The van der Waals surface area contributed by atoms with Crippen molar-refractivity contribution in [2.24, 2.45) is 0 Å². The molecule has 0 bridgehead atoms. The molecule has 1 aromatic carbocycles. The van der Waals surface area contributed by atoms with E-state index in [1.165, 1.54) is 18.0 Å². The fourth-order valence-electron chi connectivity index (χ4n) is 1.97. The predicted molar refractivity (Wildman–Crippen MR) is 82.6 cm³/mol. The molecule has 0 spiro atoms. The minimum atomic E-state index is -0.154. The first-order chi connectivity index (χ1) is 10.2. The first kappa shape index (κ1) is 13.1. The Morgan fingerprint density at radius 1 is 1.05 bits per heavy atom. The highest BCUT2D eigenvalue weighted by molar-refractivity contribution is 5.64. The van der Waals surface area contributed by atoms with E-state index in [4.69, 9.17) is 0 Å². The van der Waals surface area contributed by atoms with Crippen LogP contribution >= 0.6 is 0 Å². The standard InChI is InChI=1S/C16H14N4O/c1-11-2-4-13(5-3-11)20-15-9-14(18-10-19-15)12-6-7-17-16(21)8-12/h2-10H,1H3,(H,17,21)(H,18,19,20). The zero-order valence-electron chi connectivity index (χ0n) is 11.5. The maximum atomic E-state index is 11.4. The second-order valence-electron chi connectivity index (χ2n) is 4.72. The van der Waals surface area contributed by atoms with Gasteiger partial charge in [-0.25, -0.2) is 9.97 Å². The highest BCUT2D eigenvalue weighted by atomic mass is 16.1. The summed E-state index contributed by atoms with van der Waals surface area (Å²) in [7, 11) is 0. The Bertz CT molecular complexity index is 809. The van der Waals surface area contributed by atoms with E-state index in [0.29, 0.717) is 11.5 Å². The number of aryl methyl sites for hydroxylation is 1. The lowest BCUT2D eigenvalue weighted by molar-refractivity contribution is 1.16. The predicted octanol–water partition coefficient (Wildman–Crippen LogP) is 2.88. The summed E-state index contributed by atoms with van der Waals surface area (Å²) in [6.45, 7) is 2.04. The van der Waals surface area contributed by atoms with E-state index in [2.05, 4.69) is 20.3 Å². The van der Waals surface area contributed by atoms with Crippen LogP contribution in [0, 0.1) is 6.92 Å². The number of nitrogens with zero attached hydrogens (tertiary/aromatic N) is 2. The molecule has 0 atom stereocenters. The maximum absolute atomic E-state index is 11.4. The van der Waals surface area contributed by atoms with Crippen molar-refractivity contribution in [3.63, 3.8) is 0 Å². The van der Waals surface area contributed by atoms with E-state index >= 15 is 0 Å². The van der Waals surface area contributed by atoms with Gasteiger partial charge in [0, 0.05) is 29.6 Å². The van der Waals surface area contributed by atoms with Crippen LogP contribution in [0.3, 0.4) is 0 Å². The molecule has 3 aromatic rings. The number of nitrogens with one attached hydrogen (secondary N) is 2. The summed E-state index contributed by atoms with van der Waals surface area (Å²) in [5, 5.41) is 3.22. The van der Waals surface area contributed by atoms with Gasteiger partial charge in [-0.3, -0.25) is 4.79 Å². The van der Waals surface area contributed by atoms with Crippen LogP contribution in [-0.4, -0.2) is 15.0 Å². The molecule has 21 heavy (non-hydrogen) atoms. The number of rotatable bonds is 3. The number of aromatic amines is 1. The molecule has 0 saturated heterocycles. The third-order valence-corrected chi connectivity index (χ3v) is 3.06. The van der Waals surface area contributed by atoms with Crippen LogP contribution in [0.25, 0.3) is 11.3 Å². The minimum absolute atomic E-state index is 0.154. The van der Waals surface area contributed by atoms with E-state index in [-0.39, 0.29) is 5.56 Å². The fourth-order valence-corrected chi connectivity index (χ4v) is 1.97. The van der Waals surface area contributed by atoms with Gasteiger partial charge >= 0.3 is 0 Å². The average molecular weight is 278 g/mol. The Morgan fingerprint density at radius 3 is 2.62 bits per heavy atom. The Balaban J connectivity index is 1.89. The van der Waals surface area contributed by atoms with E-state index in [9.17, 15) is 4.79 Å². The van der Waals surface area contributed by atoms with Crippen LogP contribution < -0.4 is 10.9 Å². The quantitative estimate of drug-likeness (QED) is 0.772. The van der Waals surface area contributed by atoms with E-state index < -0.39 is 0 Å². The molecule has 2 heterocycles. The van der Waals surface area contributed by atoms with Gasteiger partial charge in [-0.1, -0.05) is 17.7 Å². The zero-order valence-corrected chi connectivity index (χ0v) is 11.5. The molecule has 0 fully saturated rings. The number of hydrogen-bond acceptors (Lipinski definition) is 4. The molecule has 2 aromatic heterocycles. The topological polar surface area (TPSA) is 70.7 Å². The number of pyridine rings is 1. The normalized spacial score (nSPS) is 10.3. The molecule has 2 N–H and O–H groups in total. The molecule has 5 nitrogen and oxygen atoms in total. The van der Waals surface area contributed by atoms with E-state index in [0.717, 1.165) is 11.3 Å². The summed E-state index contributed by atoms with van der Waals surface area (Å²) >= 11 is 0. The molecule has 0 amide bonds. The molecule has 0 radical (unpaired) electrons. The van der Waals surface area contributed by atoms with Crippen LogP contribution in [0.2, 0.25) is 0 Å². The van der Waals surface area contributed by atoms with Crippen molar-refractivity contribution in [3.05, 3.63) is 70.9 Å². The van der Waals surface area contributed by atoms with Crippen molar-refractivity contribution in [3.8, 4) is 11.3 Å². The SMILES string of the molecule is Cc1ccc(Nc2cc(-c3cc[nH]c(=O)c3)ncn2)cc1. The maximum Gasteiger partial charge on any atom is 0.248 e. The summed E-state index contributed by atoms with van der Waals surface area (Å²) in [5.74, 6) is 0.684. The van der Waals surface area contributed by atoms with Crippen molar-refractivity contribution in [1.29, 1.82) is 0 Å². The Hall–Kier alpha value is -2.95. The van der Waals surface area contributed by atoms with Crippen molar-refractivity contribution >= 4 is 11.5 Å². The van der Waals surface area contributed by atoms with Crippen molar-refractivity contribution < 1.29 is 0 Å². The van der Waals surface area contributed by atoms with Gasteiger partial charge in [-0.2, -0.15) is 0 Å². The zero-order chi connectivity index (χ0) is 14.7. The van der Waals surface area contributed by atoms with Gasteiger partial charge in [0.15, 0.2) is 0 Å². The summed E-state index contributed by atoms with van der Waals surface area (Å²) in [6.07, 6.45) is 3.08. The molecule has 0 unspecified atom stereocenters. The van der Waals surface area contributed by atoms with E-state index in [1.807, 2.05) is 37.3 Å². The molecule has 0 aliphatic rings. The largest absolute Gasteiger partial charge is 0.340 e. The van der Waals surface area contributed by atoms with Gasteiger partial charge in [0.25, 0.3) is 0 Å². The molecule has 0 aliphatic heterocycles. The van der Waals surface area contributed by atoms with Gasteiger partial charge in [-0.15, -0.1) is 0 Å². The number of aromatic nitrogens is 3. The molecule has 0 aliphatic carbocycles. The Kier molecular flexibility index (Phi) is 3.47. The Labute approximate surface area is 121 Å². The van der Waals surface area contributed by atoms with Crippen molar-refractivity contribution in [2.75, 3.05) is 5.32 Å². The molecular weight excluding hydrogens is 264 g/mol. The third kappa shape index (κ3) is 3.14. The Morgan fingerprint density at radius 2 is 1.86 bits per heavy atom. The number of H-pyrrole nitrogens is 1. The summed E-state index contributed by atoms with van der Waals surface area (Å²) in [4.78, 5) is 22.3. The lowest BCUT2D eigenvalue weighted by Gasteiger charge is -2.07. The lowest BCUT2D eigenvalue weighted by Crippen LogP contribution is -2.03. The molecule has 5 heteroatoms. The monoisotopic (exact) mass is 278 g/mol. The van der Waals surface area contributed by atoms with Crippen LogP contribution in [0.15, 0.2) is 59.8 Å². The molecular formula is C16H14N4O. The van der Waals surface area contributed by atoms with Crippen LogP contribution in [0.5, 0.6) is 0 Å². The van der Waals surface area contributed by atoms with E-state index in [1.54, 1.807) is 12.3 Å². The van der Waals surface area contributed by atoms with Gasteiger partial charge in [-0.05, 0) is 25.1 Å². The second-order valence-corrected chi connectivity index (χ2v) is 4.72. The first-order valence-electron chi connectivity index (χ1n) is 6.55. The molecule has 3 rings (SSSR count). The summed E-state index contributed by atoms with van der Waals surface area (Å²) in [5.41, 5.74) is 3.46. The number of anilines is 2. The molecule has 104 valence electrons. The summed E-state index contributed by atoms with van der Waals surface area (Å²) in [6, 6.07) is 13.2. The van der Waals surface area contributed by atoms with Crippen molar-refractivity contribution in [2.45, 2.75) is 6.92 Å². The van der Waals surface area contributed by atoms with Gasteiger partial charge in [0.05, 0.1) is 5.69 Å².